The molecule has 0 unspecified atom stereocenters. The van der Waals surface area contributed by atoms with E-state index in [0.717, 1.165) is 21.6 Å². The SMILES string of the molecule is O=[N+]([O-])c1ccc(SSc2nccc(O)n2)c(C(Cl)(Cl)Cl)c1. The Morgan fingerprint density at radius 2 is 1.95 bits per heavy atom. The zero-order valence-electron chi connectivity index (χ0n) is 10.4. The number of benzene rings is 1. The monoisotopic (exact) mass is 397 g/mol. The second-order valence-electron chi connectivity index (χ2n) is 3.80. The van der Waals surface area contributed by atoms with Crippen LogP contribution in [0.15, 0.2) is 40.5 Å². The molecule has 0 fully saturated rings. The summed E-state index contributed by atoms with van der Waals surface area (Å²) in [5, 5.41) is 20.4. The summed E-state index contributed by atoms with van der Waals surface area (Å²) in [5.41, 5.74) is 0.00799. The molecule has 0 atom stereocenters. The van der Waals surface area contributed by atoms with E-state index in [1.54, 1.807) is 0 Å². The third kappa shape index (κ3) is 4.53. The van der Waals surface area contributed by atoms with Crippen molar-refractivity contribution in [3.05, 3.63) is 46.1 Å². The van der Waals surface area contributed by atoms with Gasteiger partial charge in [-0.3, -0.25) is 10.1 Å². The third-order valence-corrected chi connectivity index (χ3v) is 5.12. The zero-order valence-corrected chi connectivity index (χ0v) is 14.3. The van der Waals surface area contributed by atoms with Crippen molar-refractivity contribution in [2.24, 2.45) is 0 Å². The second kappa shape index (κ2) is 7.10. The molecule has 0 saturated heterocycles. The molecule has 1 heterocycles. The minimum absolute atomic E-state index is 0.164. The molecule has 0 saturated carbocycles. The molecular weight excluding hydrogens is 393 g/mol. The summed E-state index contributed by atoms with van der Waals surface area (Å²) in [5.74, 6) is -0.164. The van der Waals surface area contributed by atoms with Crippen LogP contribution in [0, 0.1) is 10.1 Å². The number of non-ortho nitro benzene ring substituents is 1. The number of hydrogen-bond acceptors (Lipinski definition) is 7. The molecule has 6 nitrogen and oxygen atoms in total. The van der Waals surface area contributed by atoms with E-state index >= 15 is 0 Å². The molecule has 116 valence electrons. The van der Waals surface area contributed by atoms with Gasteiger partial charge in [0.15, 0.2) is 0 Å². The van der Waals surface area contributed by atoms with E-state index in [4.69, 9.17) is 34.8 Å². The number of aromatic hydroxyl groups is 1. The lowest BCUT2D eigenvalue weighted by molar-refractivity contribution is -0.385. The van der Waals surface area contributed by atoms with Crippen molar-refractivity contribution in [1.82, 2.24) is 9.97 Å². The molecule has 0 aliphatic heterocycles. The van der Waals surface area contributed by atoms with Crippen molar-refractivity contribution in [3.63, 3.8) is 0 Å². The number of rotatable bonds is 4. The summed E-state index contributed by atoms with van der Waals surface area (Å²) in [4.78, 5) is 18.5. The van der Waals surface area contributed by atoms with Crippen LogP contribution in [0.1, 0.15) is 5.56 Å². The minimum atomic E-state index is -1.81. The van der Waals surface area contributed by atoms with Crippen LogP contribution < -0.4 is 0 Å². The fourth-order valence-corrected chi connectivity index (χ4v) is 4.01. The smallest absolute Gasteiger partial charge is 0.269 e. The van der Waals surface area contributed by atoms with E-state index in [1.165, 1.54) is 30.5 Å². The molecule has 22 heavy (non-hydrogen) atoms. The highest BCUT2D eigenvalue weighted by Gasteiger charge is 2.29. The van der Waals surface area contributed by atoms with E-state index in [2.05, 4.69) is 9.97 Å². The van der Waals surface area contributed by atoms with Gasteiger partial charge in [-0.25, -0.2) is 4.98 Å². The molecule has 0 aliphatic rings. The normalized spacial score (nSPS) is 11.4. The molecule has 0 radical (unpaired) electrons. The first kappa shape index (κ1) is 17.4. The van der Waals surface area contributed by atoms with E-state index in [1.807, 2.05) is 0 Å². The molecule has 2 aromatic rings. The highest BCUT2D eigenvalue weighted by atomic mass is 35.6. The third-order valence-electron chi connectivity index (χ3n) is 2.30. The first-order valence-electron chi connectivity index (χ1n) is 5.49. The number of halogens is 3. The van der Waals surface area contributed by atoms with Crippen molar-refractivity contribution >= 4 is 62.1 Å². The van der Waals surface area contributed by atoms with Gasteiger partial charge in [0.25, 0.3) is 5.69 Å². The summed E-state index contributed by atoms with van der Waals surface area (Å²) in [6, 6.07) is 5.34. The summed E-state index contributed by atoms with van der Waals surface area (Å²) in [6.45, 7) is 0. The first-order valence-corrected chi connectivity index (χ1v) is 8.78. The molecule has 0 aliphatic carbocycles. The van der Waals surface area contributed by atoms with Crippen LogP contribution in [0.3, 0.4) is 0 Å². The lowest BCUT2D eigenvalue weighted by Gasteiger charge is -2.15. The number of aromatic nitrogens is 2. The summed E-state index contributed by atoms with van der Waals surface area (Å²) >= 11 is 17.6. The average Bonchev–Trinajstić information content (AvgIpc) is 2.44. The molecular formula is C11H6Cl3N3O3S2. The highest BCUT2D eigenvalue weighted by molar-refractivity contribution is 8.76. The van der Waals surface area contributed by atoms with Crippen molar-refractivity contribution in [2.45, 2.75) is 13.8 Å². The van der Waals surface area contributed by atoms with Crippen LogP contribution in [0.4, 0.5) is 5.69 Å². The van der Waals surface area contributed by atoms with Gasteiger partial charge >= 0.3 is 0 Å². The van der Waals surface area contributed by atoms with Gasteiger partial charge in [0.2, 0.25) is 14.8 Å². The van der Waals surface area contributed by atoms with Crippen LogP contribution in [0.25, 0.3) is 0 Å². The van der Waals surface area contributed by atoms with Gasteiger partial charge in [-0.1, -0.05) is 34.8 Å². The Labute approximate surface area is 147 Å². The van der Waals surface area contributed by atoms with E-state index < -0.39 is 8.72 Å². The Morgan fingerprint density at radius 1 is 1.23 bits per heavy atom. The van der Waals surface area contributed by atoms with Crippen molar-refractivity contribution in [1.29, 1.82) is 0 Å². The fraction of sp³-hybridized carbons (Fsp3) is 0.0909. The van der Waals surface area contributed by atoms with Crippen molar-refractivity contribution in [3.8, 4) is 5.88 Å². The van der Waals surface area contributed by atoms with Gasteiger partial charge in [-0.05, 0) is 27.7 Å². The highest BCUT2D eigenvalue weighted by Crippen LogP contribution is 2.47. The molecule has 0 spiro atoms. The average molecular weight is 399 g/mol. The van der Waals surface area contributed by atoms with Gasteiger partial charge in [0.1, 0.15) is 0 Å². The Kier molecular flexibility index (Phi) is 5.62. The maximum atomic E-state index is 10.8. The van der Waals surface area contributed by atoms with E-state index in [-0.39, 0.29) is 17.1 Å². The number of nitro groups is 1. The Hall–Kier alpha value is -0.930. The Bertz CT molecular complexity index is 712. The lowest BCUT2D eigenvalue weighted by atomic mass is 10.2. The van der Waals surface area contributed by atoms with Crippen LogP contribution in [-0.2, 0) is 3.79 Å². The second-order valence-corrected chi connectivity index (χ2v) is 8.22. The van der Waals surface area contributed by atoms with E-state index in [9.17, 15) is 15.2 Å². The molecule has 1 aromatic heterocycles. The number of alkyl halides is 3. The Balaban J connectivity index is 2.28. The van der Waals surface area contributed by atoms with Crippen molar-refractivity contribution < 1.29 is 10.0 Å². The number of nitrogens with zero attached hydrogens (tertiary/aromatic N) is 3. The molecule has 2 rings (SSSR count). The quantitative estimate of drug-likeness (QED) is 0.262. The van der Waals surface area contributed by atoms with E-state index in [0.29, 0.717) is 10.1 Å². The lowest BCUT2D eigenvalue weighted by Crippen LogP contribution is -2.03. The van der Waals surface area contributed by atoms with Gasteiger partial charge < -0.3 is 5.11 Å². The van der Waals surface area contributed by atoms with Gasteiger partial charge in [-0.2, -0.15) is 4.98 Å². The topological polar surface area (TPSA) is 89.2 Å². The summed E-state index contributed by atoms with van der Waals surface area (Å²) < 4.78 is -1.81. The Morgan fingerprint density at radius 3 is 2.55 bits per heavy atom. The zero-order chi connectivity index (χ0) is 16.3. The van der Waals surface area contributed by atoms with Gasteiger partial charge in [0.05, 0.1) is 4.92 Å². The summed E-state index contributed by atoms with van der Waals surface area (Å²) in [6.07, 6.45) is 1.40. The summed E-state index contributed by atoms with van der Waals surface area (Å²) in [7, 11) is 2.28. The number of nitro benzene ring substituents is 1. The van der Waals surface area contributed by atoms with Gasteiger partial charge in [-0.15, -0.1) is 0 Å². The standard InChI is InChI=1S/C11H6Cl3N3O3S2/c12-11(13,14)7-5-6(17(19)20)1-2-8(7)21-22-10-15-4-3-9(18)16-10/h1-5H,(H,15,16,18). The van der Waals surface area contributed by atoms with Crippen molar-refractivity contribution in [2.75, 3.05) is 0 Å². The predicted molar refractivity (Wildman–Crippen MR) is 87.7 cm³/mol. The van der Waals surface area contributed by atoms with Crippen LogP contribution in [0.5, 0.6) is 5.88 Å². The largest absolute Gasteiger partial charge is 0.493 e. The predicted octanol–water partition coefficient (Wildman–Crippen LogP) is 4.72. The van der Waals surface area contributed by atoms with Crippen LogP contribution in [0.2, 0.25) is 0 Å². The minimum Gasteiger partial charge on any atom is -0.493 e. The maximum Gasteiger partial charge on any atom is 0.269 e. The van der Waals surface area contributed by atoms with Crippen LogP contribution in [-0.4, -0.2) is 20.0 Å². The van der Waals surface area contributed by atoms with Crippen LogP contribution >= 0.6 is 56.4 Å². The van der Waals surface area contributed by atoms with Gasteiger partial charge in [0, 0.05) is 34.9 Å². The molecule has 0 amide bonds. The molecule has 1 aromatic carbocycles. The fourth-order valence-electron chi connectivity index (χ4n) is 1.38. The first-order chi connectivity index (χ1) is 10.3. The maximum absolute atomic E-state index is 10.8. The molecule has 11 heteroatoms. The number of hydrogen-bond donors (Lipinski definition) is 1. The molecule has 1 N–H and O–H groups in total. The molecule has 0 bridgehead atoms.